The molecule has 0 aromatic carbocycles. The van der Waals surface area contributed by atoms with Gasteiger partial charge in [-0.1, -0.05) is 0 Å². The Morgan fingerprint density at radius 3 is 2.82 bits per heavy atom. The van der Waals surface area contributed by atoms with Crippen LogP contribution in [0.5, 0.6) is 0 Å². The lowest BCUT2D eigenvalue weighted by Gasteiger charge is -2.04. The summed E-state index contributed by atoms with van der Waals surface area (Å²) in [5, 5.41) is 0. The van der Waals surface area contributed by atoms with Crippen molar-refractivity contribution >= 4 is 5.91 Å². The van der Waals surface area contributed by atoms with Gasteiger partial charge < -0.3 is 14.6 Å². The minimum atomic E-state index is -0.318. The number of carbonyl (C=O) groups excluding carboxylic acids is 1. The van der Waals surface area contributed by atoms with Crippen molar-refractivity contribution in [2.75, 3.05) is 0 Å². The van der Waals surface area contributed by atoms with Crippen LogP contribution in [0.4, 0.5) is 0 Å². The third kappa shape index (κ3) is 2.78. The summed E-state index contributed by atoms with van der Waals surface area (Å²) in [5.41, 5.74) is 5.09. The van der Waals surface area contributed by atoms with Crippen LogP contribution in [-0.4, -0.2) is 5.91 Å². The van der Waals surface area contributed by atoms with Gasteiger partial charge in [0.1, 0.15) is 17.3 Å². The van der Waals surface area contributed by atoms with Gasteiger partial charge in [0.15, 0.2) is 0 Å². The number of hydrogen-bond donors (Lipinski definition) is 1. The Morgan fingerprint density at radius 1 is 1.35 bits per heavy atom. The Kier molecular flexibility index (Phi) is 3.32. The molecule has 90 valence electrons. The monoisotopic (exact) mass is 233 g/mol. The van der Waals surface area contributed by atoms with Gasteiger partial charge in [0.05, 0.1) is 12.2 Å². The van der Waals surface area contributed by atoms with E-state index >= 15 is 0 Å². The van der Waals surface area contributed by atoms with Gasteiger partial charge in [0.25, 0.3) is 0 Å². The molecule has 0 radical (unpaired) electrons. The highest BCUT2D eigenvalue weighted by Crippen LogP contribution is 2.26. The number of primary amides is 1. The predicted octanol–water partition coefficient (Wildman–Crippen LogP) is 2.44. The van der Waals surface area contributed by atoms with E-state index in [1.54, 1.807) is 6.26 Å². The average molecular weight is 233 g/mol. The summed E-state index contributed by atoms with van der Waals surface area (Å²) in [5.74, 6) is 2.23. The standard InChI is InChI=1S/C13H15NO3/c1-9(11-3-2-8-16-11)12-6-4-10(17-12)5-7-13(14)15/h2-4,6,8-9H,5,7H2,1H3,(H2,14,15)/t9-/m1/s1. The van der Waals surface area contributed by atoms with E-state index in [1.807, 2.05) is 31.2 Å². The quantitative estimate of drug-likeness (QED) is 0.862. The maximum Gasteiger partial charge on any atom is 0.217 e. The van der Waals surface area contributed by atoms with E-state index in [-0.39, 0.29) is 11.8 Å². The zero-order chi connectivity index (χ0) is 12.3. The van der Waals surface area contributed by atoms with E-state index in [9.17, 15) is 4.79 Å². The second-order valence-corrected chi connectivity index (χ2v) is 4.01. The van der Waals surface area contributed by atoms with Crippen LogP contribution in [0.2, 0.25) is 0 Å². The predicted molar refractivity (Wildman–Crippen MR) is 62.4 cm³/mol. The Bertz CT molecular complexity index is 484. The third-order valence-corrected chi connectivity index (χ3v) is 2.70. The Morgan fingerprint density at radius 2 is 2.18 bits per heavy atom. The highest BCUT2D eigenvalue weighted by atomic mass is 16.4. The topological polar surface area (TPSA) is 69.4 Å². The molecule has 2 N–H and O–H groups in total. The van der Waals surface area contributed by atoms with E-state index in [1.165, 1.54) is 0 Å². The number of hydrogen-bond acceptors (Lipinski definition) is 3. The van der Waals surface area contributed by atoms with Gasteiger partial charge in [-0.15, -0.1) is 0 Å². The van der Waals surface area contributed by atoms with Gasteiger partial charge in [-0.3, -0.25) is 4.79 Å². The number of carbonyl (C=O) groups is 1. The average Bonchev–Trinajstić information content (AvgIpc) is 2.97. The zero-order valence-electron chi connectivity index (χ0n) is 9.68. The first-order valence-corrected chi connectivity index (χ1v) is 5.57. The molecule has 0 fully saturated rings. The lowest BCUT2D eigenvalue weighted by molar-refractivity contribution is -0.118. The van der Waals surface area contributed by atoms with Crippen molar-refractivity contribution in [3.05, 3.63) is 47.8 Å². The normalized spacial score (nSPS) is 12.5. The molecule has 2 rings (SSSR count). The lowest BCUT2D eigenvalue weighted by Crippen LogP contribution is -2.10. The fraction of sp³-hybridized carbons (Fsp3) is 0.308. The molecular formula is C13H15NO3. The maximum atomic E-state index is 10.7. The maximum absolute atomic E-state index is 10.7. The molecule has 0 bridgehead atoms. The molecule has 2 aromatic heterocycles. The SMILES string of the molecule is C[C@H](c1ccco1)c1ccc(CCC(N)=O)o1. The molecule has 0 aliphatic heterocycles. The van der Waals surface area contributed by atoms with Crippen LogP contribution in [0.3, 0.4) is 0 Å². The lowest BCUT2D eigenvalue weighted by atomic mass is 10.1. The first-order valence-electron chi connectivity index (χ1n) is 5.57. The van der Waals surface area contributed by atoms with Gasteiger partial charge in [0, 0.05) is 12.8 Å². The van der Waals surface area contributed by atoms with Gasteiger partial charge in [-0.25, -0.2) is 0 Å². The van der Waals surface area contributed by atoms with Crippen molar-refractivity contribution in [3.63, 3.8) is 0 Å². The molecule has 4 nitrogen and oxygen atoms in total. The number of furan rings is 2. The van der Waals surface area contributed by atoms with E-state index in [0.717, 1.165) is 17.3 Å². The van der Waals surface area contributed by atoms with Gasteiger partial charge in [-0.2, -0.15) is 0 Å². The van der Waals surface area contributed by atoms with Crippen LogP contribution in [0.15, 0.2) is 39.4 Å². The number of nitrogens with two attached hydrogens (primary N) is 1. The van der Waals surface area contributed by atoms with Crippen LogP contribution >= 0.6 is 0 Å². The van der Waals surface area contributed by atoms with Crippen molar-refractivity contribution in [1.29, 1.82) is 0 Å². The number of amides is 1. The Hall–Kier alpha value is -1.97. The van der Waals surface area contributed by atoms with Crippen LogP contribution < -0.4 is 5.73 Å². The highest BCUT2D eigenvalue weighted by molar-refractivity contribution is 5.73. The Labute approximate surface area is 99.4 Å². The van der Waals surface area contributed by atoms with Crippen LogP contribution in [-0.2, 0) is 11.2 Å². The summed E-state index contributed by atoms with van der Waals surface area (Å²) in [4.78, 5) is 10.7. The molecule has 1 atom stereocenters. The summed E-state index contributed by atoms with van der Waals surface area (Å²) >= 11 is 0. The molecule has 0 spiro atoms. The molecule has 0 saturated carbocycles. The molecule has 1 amide bonds. The Balaban J connectivity index is 2.05. The van der Waals surface area contributed by atoms with Crippen LogP contribution in [0, 0.1) is 0 Å². The van der Waals surface area contributed by atoms with Gasteiger partial charge in [0.2, 0.25) is 5.91 Å². The molecule has 17 heavy (non-hydrogen) atoms. The summed E-state index contributed by atoms with van der Waals surface area (Å²) in [6, 6.07) is 7.54. The van der Waals surface area contributed by atoms with E-state index in [4.69, 9.17) is 14.6 Å². The van der Waals surface area contributed by atoms with Crippen molar-refractivity contribution in [3.8, 4) is 0 Å². The summed E-state index contributed by atoms with van der Waals surface area (Å²) in [6.45, 7) is 2.01. The number of aryl methyl sites for hydroxylation is 1. The summed E-state index contributed by atoms with van der Waals surface area (Å²) < 4.78 is 11.0. The van der Waals surface area contributed by atoms with Crippen molar-refractivity contribution < 1.29 is 13.6 Å². The van der Waals surface area contributed by atoms with Gasteiger partial charge >= 0.3 is 0 Å². The van der Waals surface area contributed by atoms with Crippen molar-refractivity contribution in [2.45, 2.75) is 25.7 Å². The number of rotatable bonds is 5. The smallest absolute Gasteiger partial charge is 0.217 e. The third-order valence-electron chi connectivity index (χ3n) is 2.70. The summed E-state index contributed by atoms with van der Waals surface area (Å²) in [7, 11) is 0. The minimum Gasteiger partial charge on any atom is -0.469 e. The molecule has 0 aliphatic rings. The van der Waals surface area contributed by atoms with Gasteiger partial charge in [-0.05, 0) is 31.2 Å². The van der Waals surface area contributed by atoms with E-state index < -0.39 is 0 Å². The van der Waals surface area contributed by atoms with Crippen molar-refractivity contribution in [1.82, 2.24) is 0 Å². The molecule has 0 aliphatic carbocycles. The molecule has 4 heteroatoms. The highest BCUT2D eigenvalue weighted by Gasteiger charge is 2.15. The van der Waals surface area contributed by atoms with E-state index in [2.05, 4.69) is 0 Å². The molecule has 2 aromatic rings. The fourth-order valence-electron chi connectivity index (χ4n) is 1.69. The van der Waals surface area contributed by atoms with E-state index in [0.29, 0.717) is 12.8 Å². The fourth-order valence-corrected chi connectivity index (χ4v) is 1.69. The largest absolute Gasteiger partial charge is 0.469 e. The molecule has 0 saturated heterocycles. The minimum absolute atomic E-state index is 0.0762. The zero-order valence-corrected chi connectivity index (χ0v) is 9.68. The molecule has 2 heterocycles. The van der Waals surface area contributed by atoms with Crippen LogP contribution in [0.1, 0.15) is 36.5 Å². The first-order chi connectivity index (χ1) is 8.16. The second kappa shape index (κ2) is 4.91. The molecular weight excluding hydrogens is 218 g/mol. The second-order valence-electron chi connectivity index (χ2n) is 4.01. The van der Waals surface area contributed by atoms with Crippen molar-refractivity contribution in [2.24, 2.45) is 5.73 Å². The first kappa shape index (κ1) is 11.5. The molecule has 0 unspecified atom stereocenters. The van der Waals surface area contributed by atoms with Crippen LogP contribution in [0.25, 0.3) is 0 Å². The summed E-state index contributed by atoms with van der Waals surface area (Å²) in [6.07, 6.45) is 2.49.